The van der Waals surface area contributed by atoms with E-state index in [0.717, 1.165) is 26.2 Å². The molecule has 1 saturated heterocycles. The van der Waals surface area contributed by atoms with Crippen molar-refractivity contribution in [2.75, 3.05) is 32.7 Å². The van der Waals surface area contributed by atoms with Crippen molar-refractivity contribution in [2.45, 2.75) is 25.3 Å². The highest BCUT2D eigenvalue weighted by molar-refractivity contribution is 9.10. The molecule has 0 spiro atoms. The van der Waals surface area contributed by atoms with E-state index < -0.39 is 5.97 Å². The maximum atomic E-state index is 10.6. The first-order valence-electron chi connectivity index (χ1n) is 7.60. The summed E-state index contributed by atoms with van der Waals surface area (Å²) in [6.07, 6.45) is 2.62. The molecule has 4 nitrogen and oxygen atoms in total. The molecule has 1 aliphatic heterocycles. The van der Waals surface area contributed by atoms with Crippen molar-refractivity contribution >= 4 is 21.9 Å². The Bertz CT molecular complexity index is 527. The van der Waals surface area contributed by atoms with E-state index in [2.05, 4.69) is 43.9 Å². The lowest BCUT2D eigenvalue weighted by Gasteiger charge is -2.38. The Morgan fingerprint density at radius 3 is 2.76 bits per heavy atom. The van der Waals surface area contributed by atoms with Gasteiger partial charge in [-0.1, -0.05) is 22.0 Å². The van der Waals surface area contributed by atoms with E-state index in [1.165, 1.54) is 28.4 Å². The first kappa shape index (κ1) is 15.0. The normalized spacial score (nSPS) is 23.2. The van der Waals surface area contributed by atoms with Crippen LogP contribution in [0.5, 0.6) is 0 Å². The topological polar surface area (TPSA) is 43.8 Å². The number of carboxylic acids is 1. The number of hydrogen-bond acceptors (Lipinski definition) is 3. The minimum absolute atomic E-state index is 0.250. The second-order valence-electron chi connectivity index (χ2n) is 5.92. The molecule has 21 heavy (non-hydrogen) atoms. The molecule has 1 aromatic rings. The molecule has 1 aliphatic carbocycles. The summed E-state index contributed by atoms with van der Waals surface area (Å²) in [7, 11) is 0. The van der Waals surface area contributed by atoms with Gasteiger partial charge in [-0.15, -0.1) is 0 Å². The van der Waals surface area contributed by atoms with E-state index in [1.54, 1.807) is 0 Å². The lowest BCUT2D eigenvalue weighted by Crippen LogP contribution is -2.47. The average molecular weight is 353 g/mol. The fourth-order valence-electron chi connectivity index (χ4n) is 3.50. The van der Waals surface area contributed by atoms with Crippen LogP contribution in [0.25, 0.3) is 0 Å². The minimum Gasteiger partial charge on any atom is -0.481 e. The highest BCUT2D eigenvalue weighted by Gasteiger charge is 2.30. The van der Waals surface area contributed by atoms with Crippen LogP contribution in [0, 0.1) is 0 Å². The maximum absolute atomic E-state index is 10.6. The van der Waals surface area contributed by atoms with Gasteiger partial charge in [0.2, 0.25) is 0 Å². The third-order valence-corrected chi connectivity index (χ3v) is 5.13. The van der Waals surface area contributed by atoms with Gasteiger partial charge in [-0.3, -0.25) is 9.69 Å². The molecule has 114 valence electrons. The highest BCUT2D eigenvalue weighted by Crippen LogP contribution is 2.37. The van der Waals surface area contributed by atoms with E-state index >= 15 is 0 Å². The maximum Gasteiger partial charge on any atom is 0.304 e. The summed E-state index contributed by atoms with van der Waals surface area (Å²) >= 11 is 3.55. The van der Waals surface area contributed by atoms with Gasteiger partial charge in [0.25, 0.3) is 0 Å². The number of rotatable bonds is 4. The number of benzene rings is 1. The van der Waals surface area contributed by atoms with Crippen LogP contribution in [0.1, 0.15) is 30.0 Å². The lowest BCUT2D eigenvalue weighted by molar-refractivity contribution is -0.137. The van der Waals surface area contributed by atoms with Crippen molar-refractivity contribution in [1.29, 1.82) is 0 Å². The van der Waals surface area contributed by atoms with Crippen molar-refractivity contribution in [1.82, 2.24) is 9.80 Å². The van der Waals surface area contributed by atoms with Gasteiger partial charge in [-0.05, 0) is 36.1 Å². The molecule has 5 heteroatoms. The SMILES string of the molecule is O=C(O)CCN1CCN(C2CCc3cc(Br)ccc32)CC1. The summed E-state index contributed by atoms with van der Waals surface area (Å²) in [5, 5.41) is 8.76. The molecule has 1 N–H and O–H groups in total. The Morgan fingerprint density at radius 2 is 2.05 bits per heavy atom. The smallest absolute Gasteiger partial charge is 0.304 e. The largest absolute Gasteiger partial charge is 0.481 e. The Balaban J connectivity index is 1.58. The van der Waals surface area contributed by atoms with Gasteiger partial charge < -0.3 is 10.0 Å². The minimum atomic E-state index is -0.701. The van der Waals surface area contributed by atoms with Crippen LogP contribution in [0.15, 0.2) is 22.7 Å². The van der Waals surface area contributed by atoms with E-state index in [0.29, 0.717) is 12.6 Å². The first-order valence-corrected chi connectivity index (χ1v) is 8.39. The number of nitrogens with zero attached hydrogens (tertiary/aromatic N) is 2. The van der Waals surface area contributed by atoms with E-state index in [9.17, 15) is 4.79 Å². The van der Waals surface area contributed by atoms with Gasteiger partial charge >= 0.3 is 5.97 Å². The average Bonchev–Trinajstić information content (AvgIpc) is 2.88. The summed E-state index contributed by atoms with van der Waals surface area (Å²) in [4.78, 5) is 15.5. The zero-order chi connectivity index (χ0) is 14.8. The molecule has 0 saturated carbocycles. The van der Waals surface area contributed by atoms with Gasteiger partial charge in [-0.2, -0.15) is 0 Å². The molecule has 1 atom stereocenters. The lowest BCUT2D eigenvalue weighted by atomic mass is 10.1. The summed E-state index contributed by atoms with van der Waals surface area (Å²) < 4.78 is 1.17. The Labute approximate surface area is 133 Å². The van der Waals surface area contributed by atoms with Gasteiger partial charge in [0, 0.05) is 43.2 Å². The van der Waals surface area contributed by atoms with Gasteiger partial charge in [0.05, 0.1) is 6.42 Å². The Morgan fingerprint density at radius 1 is 1.29 bits per heavy atom. The molecule has 0 radical (unpaired) electrons. The second kappa shape index (κ2) is 6.46. The molecule has 2 aliphatic rings. The van der Waals surface area contributed by atoms with Crippen molar-refractivity contribution in [3.05, 3.63) is 33.8 Å². The van der Waals surface area contributed by atoms with Gasteiger partial charge in [0.1, 0.15) is 0 Å². The quantitative estimate of drug-likeness (QED) is 0.904. The molecule has 0 aromatic heterocycles. The standard InChI is InChI=1S/C16H21BrN2O2/c17-13-2-3-14-12(11-13)1-4-15(14)19-9-7-18(8-10-19)6-5-16(20)21/h2-3,11,15H,1,4-10H2,(H,20,21). The van der Waals surface area contributed by atoms with E-state index in [-0.39, 0.29) is 6.42 Å². The van der Waals surface area contributed by atoms with Crippen molar-refractivity contribution in [3.63, 3.8) is 0 Å². The third-order valence-electron chi connectivity index (χ3n) is 4.64. The van der Waals surface area contributed by atoms with Crippen LogP contribution in [0.3, 0.4) is 0 Å². The van der Waals surface area contributed by atoms with Crippen LogP contribution in [0.4, 0.5) is 0 Å². The number of aliphatic carboxylic acids is 1. The van der Waals surface area contributed by atoms with E-state index in [1.807, 2.05) is 0 Å². The number of hydrogen-bond donors (Lipinski definition) is 1. The summed E-state index contributed by atoms with van der Waals surface area (Å²) in [6, 6.07) is 7.20. The molecular formula is C16H21BrN2O2. The molecular weight excluding hydrogens is 332 g/mol. The monoisotopic (exact) mass is 352 g/mol. The first-order chi connectivity index (χ1) is 10.1. The molecule has 3 rings (SSSR count). The Kier molecular flexibility index (Phi) is 4.62. The molecule has 1 aromatic carbocycles. The summed E-state index contributed by atoms with van der Waals surface area (Å²) in [5.74, 6) is -0.701. The summed E-state index contributed by atoms with van der Waals surface area (Å²) in [6.45, 7) is 4.72. The zero-order valence-corrected chi connectivity index (χ0v) is 13.7. The van der Waals surface area contributed by atoms with Crippen LogP contribution in [-0.4, -0.2) is 53.6 Å². The summed E-state index contributed by atoms with van der Waals surface area (Å²) in [5.41, 5.74) is 2.96. The van der Waals surface area contributed by atoms with Crippen LogP contribution in [-0.2, 0) is 11.2 Å². The predicted octanol–water partition coefficient (Wildman–Crippen LogP) is 2.53. The van der Waals surface area contributed by atoms with Crippen molar-refractivity contribution in [3.8, 4) is 0 Å². The number of carboxylic acid groups (broad SMARTS) is 1. The van der Waals surface area contributed by atoms with Crippen LogP contribution < -0.4 is 0 Å². The molecule has 1 fully saturated rings. The highest BCUT2D eigenvalue weighted by atomic mass is 79.9. The molecule has 0 amide bonds. The molecule has 1 heterocycles. The number of halogens is 1. The fourth-order valence-corrected chi connectivity index (χ4v) is 3.90. The number of fused-ring (bicyclic) bond motifs is 1. The number of piperazine rings is 1. The van der Waals surface area contributed by atoms with E-state index in [4.69, 9.17) is 5.11 Å². The molecule has 1 unspecified atom stereocenters. The fraction of sp³-hybridized carbons (Fsp3) is 0.562. The predicted molar refractivity (Wildman–Crippen MR) is 85.5 cm³/mol. The van der Waals surface area contributed by atoms with Crippen LogP contribution >= 0.6 is 15.9 Å². The number of aryl methyl sites for hydroxylation is 1. The van der Waals surface area contributed by atoms with Crippen molar-refractivity contribution < 1.29 is 9.90 Å². The Hall–Kier alpha value is -0.910. The van der Waals surface area contributed by atoms with Gasteiger partial charge in [0.15, 0.2) is 0 Å². The number of carbonyl (C=O) groups is 1. The second-order valence-corrected chi connectivity index (χ2v) is 6.83. The van der Waals surface area contributed by atoms with Crippen LogP contribution in [0.2, 0.25) is 0 Å². The van der Waals surface area contributed by atoms with Gasteiger partial charge in [-0.25, -0.2) is 0 Å². The third kappa shape index (κ3) is 3.47. The zero-order valence-electron chi connectivity index (χ0n) is 12.1. The molecule has 0 bridgehead atoms. The van der Waals surface area contributed by atoms with Crippen molar-refractivity contribution in [2.24, 2.45) is 0 Å².